The van der Waals surface area contributed by atoms with Gasteiger partial charge in [-0.2, -0.15) is 4.21 Å². The number of nitrogens with zero attached hydrogens (tertiary/aromatic N) is 1. The molecule has 1 aromatic carbocycles. The van der Waals surface area contributed by atoms with Gasteiger partial charge in [-0.1, -0.05) is 69.6 Å². The Morgan fingerprint density at radius 1 is 0.970 bits per heavy atom. The van der Waals surface area contributed by atoms with Crippen molar-refractivity contribution >= 4 is 116 Å². The van der Waals surface area contributed by atoms with Crippen molar-refractivity contribution < 1.29 is 17.4 Å². The highest BCUT2D eigenvalue weighted by atomic mass is 35.5. The van der Waals surface area contributed by atoms with Crippen LogP contribution in [0, 0.1) is 11.8 Å². The number of halogens is 8. The van der Waals surface area contributed by atoms with E-state index >= 15 is 0 Å². The van der Waals surface area contributed by atoms with E-state index in [-0.39, 0.29) is 29.3 Å². The molecule has 15 heteroatoms. The van der Waals surface area contributed by atoms with E-state index in [4.69, 9.17) is 101 Å². The molecule has 1 heterocycles. The molecule has 6 nitrogen and oxygen atoms in total. The third-order valence-electron chi connectivity index (χ3n) is 5.52. The Morgan fingerprint density at radius 3 is 1.88 bits per heavy atom. The van der Waals surface area contributed by atoms with Gasteiger partial charge < -0.3 is 10.2 Å². The van der Waals surface area contributed by atoms with Gasteiger partial charge in [0.15, 0.2) is 4.33 Å². The lowest BCUT2D eigenvalue weighted by Gasteiger charge is -2.33. The topological polar surface area (TPSA) is 67.9 Å². The van der Waals surface area contributed by atoms with Crippen molar-refractivity contribution in [2.24, 2.45) is 11.8 Å². The van der Waals surface area contributed by atoms with E-state index in [1.165, 1.54) is 4.90 Å². The number of anilines is 1. The molecule has 4 unspecified atom stereocenters. The quantitative estimate of drug-likeness (QED) is 0.344. The maximum atomic E-state index is 11.3. The van der Waals surface area contributed by atoms with Crippen LogP contribution in [0.5, 0.6) is 0 Å². The van der Waals surface area contributed by atoms with E-state index in [1.54, 1.807) is 32.3 Å². The number of amides is 2. The molecule has 0 aromatic heterocycles. The maximum Gasteiger partial charge on any atom is 0.321 e. The molecule has 0 spiro atoms. The number of hydrogen-bond acceptors (Lipinski definition) is 4. The van der Waals surface area contributed by atoms with Gasteiger partial charge in [0.2, 0.25) is 0 Å². The highest BCUT2D eigenvalue weighted by Gasteiger charge is 2.82. The number of hydrogen-bond donors (Lipinski definition) is 1. The van der Waals surface area contributed by atoms with E-state index in [0.29, 0.717) is 15.7 Å². The summed E-state index contributed by atoms with van der Waals surface area (Å²) in [5.41, 5.74) is 0.623. The molecule has 2 bridgehead atoms. The van der Waals surface area contributed by atoms with Crippen molar-refractivity contribution in [3.8, 4) is 0 Å². The summed E-state index contributed by atoms with van der Waals surface area (Å²) in [6.45, 7) is 0.0215. The first-order valence-electron chi connectivity index (χ1n) is 9.13. The fraction of sp³-hybridized carbons (Fsp3) is 0.500. The number of rotatable bonds is 1. The van der Waals surface area contributed by atoms with Crippen LogP contribution in [0.25, 0.3) is 0 Å². The lowest BCUT2D eigenvalue weighted by atomic mass is 9.83. The van der Waals surface area contributed by atoms with Gasteiger partial charge in [0.25, 0.3) is 0 Å². The Balaban J connectivity index is 0.000000196. The van der Waals surface area contributed by atoms with Gasteiger partial charge >= 0.3 is 17.4 Å². The van der Waals surface area contributed by atoms with Crippen molar-refractivity contribution in [1.29, 1.82) is 0 Å². The fourth-order valence-electron chi connectivity index (χ4n) is 3.77. The predicted octanol–water partition coefficient (Wildman–Crippen LogP) is 6.78. The third kappa shape index (κ3) is 4.59. The summed E-state index contributed by atoms with van der Waals surface area (Å²) in [6.07, 6.45) is 0. The van der Waals surface area contributed by atoms with Crippen molar-refractivity contribution in [1.82, 2.24) is 4.90 Å². The summed E-state index contributed by atoms with van der Waals surface area (Å²) in [7, 11) is 3.32. The Hall–Kier alpha value is 0.620. The van der Waals surface area contributed by atoms with Crippen molar-refractivity contribution in [2.45, 2.75) is 14.1 Å². The van der Waals surface area contributed by atoms with Crippen LogP contribution in [0.15, 0.2) is 28.3 Å². The highest BCUT2D eigenvalue weighted by molar-refractivity contribution is 7.75. The number of allylic oxidation sites excluding steroid dienone is 2. The van der Waals surface area contributed by atoms with Gasteiger partial charge in [-0.3, -0.25) is 8.37 Å². The van der Waals surface area contributed by atoms with Crippen LogP contribution in [0.2, 0.25) is 10.0 Å². The number of alkyl halides is 4. The average molecular weight is 640 g/mol. The molecule has 0 radical (unpaired) electrons. The fourth-order valence-corrected chi connectivity index (χ4v) is 7.71. The molecular weight excluding hydrogens is 624 g/mol. The van der Waals surface area contributed by atoms with Crippen molar-refractivity contribution in [3.63, 3.8) is 0 Å². The summed E-state index contributed by atoms with van der Waals surface area (Å²) >= 11 is 47.9. The molecule has 1 aromatic rings. The van der Waals surface area contributed by atoms with Crippen molar-refractivity contribution in [2.75, 3.05) is 32.6 Å². The van der Waals surface area contributed by atoms with E-state index in [0.717, 1.165) is 0 Å². The molecule has 1 saturated carbocycles. The first-order valence-corrected chi connectivity index (χ1v) is 13.2. The summed E-state index contributed by atoms with van der Waals surface area (Å²) in [5, 5.41) is 3.75. The second-order valence-electron chi connectivity index (χ2n) is 7.57. The van der Waals surface area contributed by atoms with Crippen LogP contribution in [0.1, 0.15) is 0 Å². The van der Waals surface area contributed by atoms with Gasteiger partial charge in [-0.25, -0.2) is 4.79 Å². The van der Waals surface area contributed by atoms with Gasteiger partial charge in [0, 0.05) is 31.6 Å². The number of fused-ring (bicyclic) bond motifs is 5. The summed E-state index contributed by atoms with van der Waals surface area (Å²) in [5.74, 6) is -0.911. The van der Waals surface area contributed by atoms with Crippen LogP contribution in [-0.2, 0) is 19.7 Å². The third-order valence-corrected chi connectivity index (χ3v) is 11.3. The minimum atomic E-state index is -1.86. The Bertz CT molecular complexity index is 985. The zero-order valence-electron chi connectivity index (χ0n) is 16.8. The largest absolute Gasteiger partial charge is 0.331 e. The van der Waals surface area contributed by atoms with E-state index in [1.807, 2.05) is 0 Å². The summed E-state index contributed by atoms with van der Waals surface area (Å²) in [4.78, 5) is 9.90. The number of urea groups is 1. The number of carbonyl (C=O) groups excluding carboxylic acids is 1. The molecule has 4 atom stereocenters. The zero-order chi connectivity index (χ0) is 24.9. The van der Waals surface area contributed by atoms with Crippen LogP contribution in [-0.4, -0.2) is 56.5 Å². The molecule has 33 heavy (non-hydrogen) atoms. The van der Waals surface area contributed by atoms with Crippen molar-refractivity contribution in [3.05, 3.63) is 38.3 Å². The molecular formula is C18H16Cl8N2O4S. The number of benzene rings is 1. The Morgan fingerprint density at radius 2 is 1.45 bits per heavy atom. The smallest absolute Gasteiger partial charge is 0.321 e. The Kier molecular flexibility index (Phi) is 8.69. The van der Waals surface area contributed by atoms with E-state index < -0.39 is 37.3 Å². The van der Waals surface area contributed by atoms with Gasteiger partial charge in [-0.05, 0) is 18.2 Å². The van der Waals surface area contributed by atoms with Crippen LogP contribution in [0.3, 0.4) is 0 Å². The summed E-state index contributed by atoms with van der Waals surface area (Å²) < 4.78 is 19.7. The van der Waals surface area contributed by atoms with E-state index in [2.05, 4.69) is 5.32 Å². The molecule has 2 amide bonds. The predicted molar refractivity (Wildman–Crippen MR) is 137 cm³/mol. The molecule has 1 N–H and O–H groups in total. The molecule has 4 rings (SSSR count). The minimum Gasteiger partial charge on any atom is -0.331 e. The molecule has 184 valence electrons. The van der Waals surface area contributed by atoms with Crippen LogP contribution >= 0.6 is 92.8 Å². The standard InChI is InChI=1S/C9H6Cl6O3S.C9H10Cl2N2O/c10-5-6(11)8(13)4-2-18-19(16)17-1-3(4)7(5,12)9(8,14)15;1-13(2)9(14)12-6-3-4-7(10)8(11)5-6/h3-4H,1-2H2;3-5H,1-2H3,(H,12,14). The Labute approximate surface area is 233 Å². The van der Waals surface area contributed by atoms with Gasteiger partial charge in [0.05, 0.1) is 33.3 Å². The highest BCUT2D eigenvalue weighted by Crippen LogP contribution is 2.76. The van der Waals surface area contributed by atoms with E-state index in [9.17, 15) is 9.00 Å². The number of nitrogens with one attached hydrogen (secondary N) is 1. The van der Waals surface area contributed by atoms with Gasteiger partial charge in [0.1, 0.15) is 9.75 Å². The first kappa shape index (κ1) is 28.2. The molecule has 1 saturated heterocycles. The lowest BCUT2D eigenvalue weighted by molar-refractivity contribution is 0.207. The number of carbonyl (C=O) groups is 1. The first-order chi connectivity index (χ1) is 15.2. The molecule has 2 fully saturated rings. The minimum absolute atomic E-state index is 0.0107. The van der Waals surface area contributed by atoms with Gasteiger partial charge in [-0.15, -0.1) is 23.2 Å². The maximum absolute atomic E-state index is 11.3. The summed E-state index contributed by atoms with van der Waals surface area (Å²) in [6, 6.07) is 4.72. The zero-order valence-corrected chi connectivity index (χ0v) is 23.7. The van der Waals surface area contributed by atoms with Crippen LogP contribution in [0.4, 0.5) is 10.5 Å². The lowest BCUT2D eigenvalue weighted by Crippen LogP contribution is -2.45. The molecule has 1 aliphatic heterocycles. The molecule has 2 aliphatic carbocycles. The second-order valence-corrected chi connectivity index (χ2v) is 12.5. The SMILES string of the molecule is CN(C)C(=O)Nc1ccc(Cl)c(Cl)c1.O=S1OCC2C(CO1)C1(Cl)C(Cl)=C(Cl)C2(Cl)C1(Cl)Cl. The monoisotopic (exact) mass is 636 g/mol. The molecule has 3 aliphatic rings. The van der Waals surface area contributed by atoms with Crippen LogP contribution < -0.4 is 5.32 Å². The second kappa shape index (κ2) is 10.2. The average Bonchev–Trinajstić information content (AvgIpc) is 2.90. The normalized spacial score (nSPS) is 34.2.